The second-order valence-corrected chi connectivity index (χ2v) is 1.87. The van der Waals surface area contributed by atoms with Crippen molar-refractivity contribution in [3.8, 4) is 0 Å². The summed E-state index contributed by atoms with van der Waals surface area (Å²) >= 11 is 0. The Balaban J connectivity index is 0.000000640. The molecule has 0 N–H and O–H groups in total. The first kappa shape index (κ1) is 9.03. The minimum absolute atomic E-state index is 0. The van der Waals surface area contributed by atoms with Crippen LogP contribution in [0.3, 0.4) is 0 Å². The molecule has 2 nitrogen and oxygen atoms in total. The van der Waals surface area contributed by atoms with Crippen LogP contribution < -0.4 is 0 Å². The summed E-state index contributed by atoms with van der Waals surface area (Å²) in [4.78, 5) is 13.8. The molecule has 0 saturated carbocycles. The molecule has 50 valence electrons. The average molecular weight is 294 g/mol. The Morgan fingerprint density at radius 2 is 2.44 bits per heavy atom. The zero-order valence-electron chi connectivity index (χ0n) is 5.09. The van der Waals surface area contributed by atoms with Crippen molar-refractivity contribution < 1.29 is 25.9 Å². The van der Waals surface area contributed by atoms with Gasteiger partial charge in [-0.2, -0.15) is 0 Å². The van der Waals surface area contributed by atoms with E-state index in [0.29, 0.717) is 6.42 Å². The number of hydrogen-bond acceptors (Lipinski definition) is 2. The number of hydrogen-bond donors (Lipinski definition) is 0. The normalized spacial score (nSPS) is 16.2. The van der Waals surface area contributed by atoms with Crippen LogP contribution in [0.25, 0.3) is 0 Å². The van der Waals surface area contributed by atoms with Crippen molar-refractivity contribution in [2.24, 2.45) is 4.99 Å². The zero-order chi connectivity index (χ0) is 5.82. The maximum absolute atomic E-state index is 9.76. The third kappa shape index (κ3) is 2.90. The monoisotopic (exact) mass is 294 g/mol. The van der Waals surface area contributed by atoms with E-state index in [1.165, 1.54) is 0 Å². The van der Waals surface area contributed by atoms with Gasteiger partial charge in [0, 0.05) is 27.6 Å². The molecule has 0 atom stereocenters. The van der Waals surface area contributed by atoms with Gasteiger partial charge in [0.15, 0.2) is 0 Å². The van der Waals surface area contributed by atoms with Gasteiger partial charge in [-0.25, -0.2) is 0 Å². The second-order valence-electron chi connectivity index (χ2n) is 1.87. The maximum atomic E-state index is 9.76. The molecule has 1 aliphatic heterocycles. The van der Waals surface area contributed by atoms with Crippen LogP contribution in [-0.4, -0.2) is 18.5 Å². The molecule has 1 heterocycles. The topological polar surface area (TPSA) is 29.4 Å². The third-order valence-electron chi connectivity index (χ3n) is 1.24. The number of carbonyl (C=O) groups excluding carboxylic acids is 1. The molecule has 0 saturated heterocycles. The van der Waals surface area contributed by atoms with Crippen molar-refractivity contribution in [3.05, 3.63) is 0 Å². The van der Waals surface area contributed by atoms with E-state index in [4.69, 9.17) is 0 Å². The van der Waals surface area contributed by atoms with Gasteiger partial charge >= 0.3 is 0 Å². The maximum Gasteiger partial charge on any atom is 0.0391 e. The van der Waals surface area contributed by atoms with Crippen molar-refractivity contribution >= 4 is 12.0 Å². The summed E-state index contributed by atoms with van der Waals surface area (Å²) < 4.78 is 0. The fourth-order valence-corrected chi connectivity index (χ4v) is 0.827. The molecular formula is C6H8NOW-. The van der Waals surface area contributed by atoms with Gasteiger partial charge in [0.2, 0.25) is 0 Å². The molecule has 3 heteroatoms. The van der Waals surface area contributed by atoms with Gasteiger partial charge in [-0.1, -0.05) is 0 Å². The first-order valence-corrected chi connectivity index (χ1v) is 2.80. The summed E-state index contributed by atoms with van der Waals surface area (Å²) in [6.07, 6.45) is 4.39. The molecule has 0 bridgehead atoms. The second kappa shape index (κ2) is 4.87. The van der Waals surface area contributed by atoms with E-state index in [1.54, 1.807) is 0 Å². The van der Waals surface area contributed by atoms with E-state index in [9.17, 15) is 4.79 Å². The van der Waals surface area contributed by atoms with Gasteiger partial charge in [-0.3, -0.25) is 11.3 Å². The Hall–Kier alpha value is 0.0283. The number of nitrogens with zero attached hydrogens (tertiary/aromatic N) is 1. The smallest absolute Gasteiger partial charge is 0.0391 e. The van der Waals surface area contributed by atoms with Gasteiger partial charge in [0.25, 0.3) is 0 Å². The Labute approximate surface area is 69.0 Å². The Morgan fingerprint density at radius 1 is 1.67 bits per heavy atom. The molecule has 0 amide bonds. The van der Waals surface area contributed by atoms with Crippen molar-refractivity contribution in [2.75, 3.05) is 6.54 Å². The van der Waals surface area contributed by atoms with Crippen molar-refractivity contribution in [2.45, 2.75) is 19.3 Å². The molecular weight excluding hydrogens is 286 g/mol. The van der Waals surface area contributed by atoms with E-state index in [0.717, 1.165) is 25.1 Å². The fourth-order valence-electron chi connectivity index (χ4n) is 0.827. The SMILES string of the molecule is O=[C-]CC1=NCCC1.[W]. The number of rotatable bonds is 2. The largest absolute Gasteiger partial charge is 0.541 e. The molecule has 0 radical (unpaired) electrons. The molecule has 9 heavy (non-hydrogen) atoms. The predicted molar refractivity (Wildman–Crippen MR) is 31.8 cm³/mol. The van der Waals surface area contributed by atoms with Crippen LogP contribution in [0.4, 0.5) is 0 Å². The molecule has 0 aromatic heterocycles. The van der Waals surface area contributed by atoms with Crippen molar-refractivity contribution in [3.63, 3.8) is 0 Å². The molecule has 1 aliphatic rings. The van der Waals surface area contributed by atoms with E-state index in [-0.39, 0.29) is 21.1 Å². The van der Waals surface area contributed by atoms with Gasteiger partial charge in [0.05, 0.1) is 0 Å². The fraction of sp³-hybridized carbons (Fsp3) is 0.667. The predicted octanol–water partition coefficient (Wildman–Crippen LogP) is 0.718. The van der Waals surface area contributed by atoms with Crippen molar-refractivity contribution in [1.82, 2.24) is 0 Å². The quantitative estimate of drug-likeness (QED) is 0.690. The molecule has 1 rings (SSSR count). The standard InChI is InChI=1S/C6H8NO.W/c8-5-3-6-2-1-4-7-6;/h1-4H2;/q-1;. The Bertz CT molecular complexity index is 122. The van der Waals surface area contributed by atoms with E-state index < -0.39 is 0 Å². The van der Waals surface area contributed by atoms with E-state index in [2.05, 4.69) is 4.99 Å². The van der Waals surface area contributed by atoms with Gasteiger partial charge in [-0.15, -0.1) is 6.42 Å². The van der Waals surface area contributed by atoms with Crippen LogP contribution in [0.1, 0.15) is 19.3 Å². The summed E-state index contributed by atoms with van der Waals surface area (Å²) in [6.45, 7) is 0.914. The minimum atomic E-state index is 0. The molecule has 0 aliphatic carbocycles. The first-order valence-electron chi connectivity index (χ1n) is 2.80. The van der Waals surface area contributed by atoms with E-state index in [1.807, 2.05) is 6.29 Å². The van der Waals surface area contributed by atoms with Crippen LogP contribution >= 0.6 is 0 Å². The number of aliphatic imine (C=N–C) groups is 1. The molecule has 0 spiro atoms. The molecule has 0 unspecified atom stereocenters. The first-order chi connectivity index (χ1) is 3.93. The van der Waals surface area contributed by atoms with Crippen LogP contribution in [0.15, 0.2) is 4.99 Å². The summed E-state index contributed by atoms with van der Waals surface area (Å²) in [5, 5.41) is 0. The third-order valence-corrected chi connectivity index (χ3v) is 1.24. The summed E-state index contributed by atoms with van der Waals surface area (Å²) in [5.41, 5.74) is 1.03. The average Bonchev–Trinajstić information content (AvgIpc) is 2.19. The van der Waals surface area contributed by atoms with E-state index >= 15 is 0 Å². The summed E-state index contributed by atoms with van der Waals surface area (Å²) in [6, 6.07) is 0. The Morgan fingerprint density at radius 3 is 2.89 bits per heavy atom. The van der Waals surface area contributed by atoms with Gasteiger partial charge in [-0.05, 0) is 18.6 Å². The van der Waals surface area contributed by atoms with Crippen LogP contribution in [0.2, 0.25) is 0 Å². The summed E-state index contributed by atoms with van der Waals surface area (Å²) in [5.74, 6) is 0. The molecule has 0 aromatic carbocycles. The van der Waals surface area contributed by atoms with Crippen LogP contribution in [-0.2, 0) is 25.9 Å². The minimum Gasteiger partial charge on any atom is -0.541 e. The van der Waals surface area contributed by atoms with Crippen molar-refractivity contribution in [1.29, 1.82) is 0 Å². The van der Waals surface area contributed by atoms with Gasteiger partial charge in [0.1, 0.15) is 0 Å². The summed E-state index contributed by atoms with van der Waals surface area (Å²) in [7, 11) is 0. The zero-order valence-corrected chi connectivity index (χ0v) is 8.03. The Kier molecular flexibility index (Phi) is 4.88. The van der Waals surface area contributed by atoms with Gasteiger partial charge < -0.3 is 4.79 Å². The molecule has 0 fully saturated rings. The van der Waals surface area contributed by atoms with Crippen LogP contribution in [0.5, 0.6) is 0 Å². The molecule has 0 aromatic rings. The van der Waals surface area contributed by atoms with Crippen LogP contribution in [0, 0.1) is 0 Å².